The number of pyridine rings is 1. The number of hydrogen-bond acceptors (Lipinski definition) is 7. The lowest BCUT2D eigenvalue weighted by atomic mass is 9.99. The minimum atomic E-state index is -1.82. The standard InChI is InChI=1S/C15H13Cl2NO7/c16-6-4-7(17)12(8-5(6)2-1-3-18-8)24-15-11(21)9(19)10(20)13(25-15)14(22)23/h1-4,9-11,13,15,19-21H,(H,22,23). The molecule has 4 N–H and O–H groups in total. The number of rotatable bonds is 3. The van der Waals surface area contributed by atoms with Crippen molar-refractivity contribution < 1.29 is 34.7 Å². The first-order valence-corrected chi connectivity index (χ1v) is 7.88. The number of carbonyl (C=O) groups is 1. The topological polar surface area (TPSA) is 129 Å². The number of halogens is 2. The summed E-state index contributed by atoms with van der Waals surface area (Å²) in [5.41, 5.74) is 0.267. The molecular formula is C15H13Cl2NO7. The Balaban J connectivity index is 1.99. The Morgan fingerprint density at radius 1 is 1.16 bits per heavy atom. The fourth-order valence-electron chi connectivity index (χ4n) is 2.52. The van der Waals surface area contributed by atoms with E-state index >= 15 is 0 Å². The Hall–Kier alpha value is -1.68. The summed E-state index contributed by atoms with van der Waals surface area (Å²) in [6, 6.07) is 4.72. The number of carboxylic acids is 1. The third-order valence-electron chi connectivity index (χ3n) is 3.80. The number of aliphatic carboxylic acids is 1. The highest BCUT2D eigenvalue weighted by atomic mass is 35.5. The Morgan fingerprint density at radius 3 is 2.56 bits per heavy atom. The fourth-order valence-corrected chi connectivity index (χ4v) is 3.08. The van der Waals surface area contributed by atoms with E-state index in [4.69, 9.17) is 37.8 Å². The molecule has 2 aromatic rings. The first-order chi connectivity index (χ1) is 11.8. The smallest absolute Gasteiger partial charge is 0.335 e. The molecule has 1 saturated heterocycles. The first kappa shape index (κ1) is 18.1. The molecule has 2 heterocycles. The maximum Gasteiger partial charge on any atom is 0.335 e. The van der Waals surface area contributed by atoms with E-state index in [-0.39, 0.29) is 16.3 Å². The minimum Gasteiger partial charge on any atom is -0.479 e. The number of carboxylic acid groups (broad SMARTS) is 1. The Kier molecular flexibility index (Phi) is 5.01. The van der Waals surface area contributed by atoms with Gasteiger partial charge in [-0.3, -0.25) is 4.98 Å². The number of aliphatic hydroxyl groups excluding tert-OH is 3. The van der Waals surface area contributed by atoms with Crippen LogP contribution in [-0.2, 0) is 9.53 Å². The zero-order valence-corrected chi connectivity index (χ0v) is 13.9. The van der Waals surface area contributed by atoms with Gasteiger partial charge < -0.3 is 29.9 Å². The van der Waals surface area contributed by atoms with Crippen molar-refractivity contribution in [1.29, 1.82) is 0 Å². The van der Waals surface area contributed by atoms with Gasteiger partial charge in [-0.1, -0.05) is 23.2 Å². The van der Waals surface area contributed by atoms with Crippen LogP contribution in [0.1, 0.15) is 0 Å². The van der Waals surface area contributed by atoms with Crippen LogP contribution in [0, 0.1) is 0 Å². The summed E-state index contributed by atoms with van der Waals surface area (Å²) in [4.78, 5) is 15.3. The van der Waals surface area contributed by atoms with Crippen LogP contribution in [0.2, 0.25) is 10.0 Å². The van der Waals surface area contributed by atoms with E-state index in [9.17, 15) is 20.1 Å². The van der Waals surface area contributed by atoms with Crippen LogP contribution in [-0.4, -0.2) is 62.1 Å². The molecule has 0 saturated carbocycles. The van der Waals surface area contributed by atoms with E-state index in [1.807, 2.05) is 0 Å². The molecule has 0 aliphatic carbocycles. The third kappa shape index (κ3) is 3.24. The van der Waals surface area contributed by atoms with Gasteiger partial charge in [-0.15, -0.1) is 0 Å². The highest BCUT2D eigenvalue weighted by Gasteiger charge is 2.48. The maximum absolute atomic E-state index is 11.1. The van der Waals surface area contributed by atoms with Gasteiger partial charge in [-0.2, -0.15) is 0 Å². The summed E-state index contributed by atoms with van der Waals surface area (Å²) in [6.45, 7) is 0. The molecular weight excluding hydrogens is 377 g/mol. The molecule has 0 spiro atoms. The lowest BCUT2D eigenvalue weighted by Crippen LogP contribution is -2.61. The van der Waals surface area contributed by atoms with Gasteiger partial charge in [0.2, 0.25) is 6.29 Å². The Labute approximate surface area is 151 Å². The minimum absolute atomic E-state index is 0.00144. The van der Waals surface area contributed by atoms with Gasteiger partial charge >= 0.3 is 5.97 Å². The molecule has 0 bridgehead atoms. The summed E-state index contributed by atoms with van der Waals surface area (Å²) in [6.07, 6.45) is -7.22. The Morgan fingerprint density at radius 2 is 1.88 bits per heavy atom. The number of hydrogen-bond donors (Lipinski definition) is 4. The number of ether oxygens (including phenoxy) is 2. The zero-order chi connectivity index (χ0) is 18.3. The molecule has 25 heavy (non-hydrogen) atoms. The van der Waals surface area contributed by atoms with Crippen molar-refractivity contribution >= 4 is 40.1 Å². The van der Waals surface area contributed by atoms with E-state index in [1.165, 1.54) is 12.3 Å². The van der Waals surface area contributed by atoms with Crippen LogP contribution >= 0.6 is 23.2 Å². The first-order valence-electron chi connectivity index (χ1n) is 7.13. The van der Waals surface area contributed by atoms with Crippen LogP contribution in [0.15, 0.2) is 24.4 Å². The molecule has 8 nitrogen and oxygen atoms in total. The quantitative estimate of drug-likeness (QED) is 0.606. The summed E-state index contributed by atoms with van der Waals surface area (Å²) in [5, 5.41) is 39.6. The van der Waals surface area contributed by atoms with Crippen molar-refractivity contribution in [2.24, 2.45) is 0 Å². The summed E-state index contributed by atoms with van der Waals surface area (Å²) in [7, 11) is 0. The van der Waals surface area contributed by atoms with Crippen molar-refractivity contribution in [1.82, 2.24) is 4.98 Å². The van der Waals surface area contributed by atoms with Gasteiger partial charge in [0, 0.05) is 11.6 Å². The second kappa shape index (κ2) is 6.91. The van der Waals surface area contributed by atoms with Crippen LogP contribution < -0.4 is 4.74 Å². The lowest BCUT2D eigenvalue weighted by molar-refractivity contribution is -0.270. The van der Waals surface area contributed by atoms with Crippen molar-refractivity contribution in [3.63, 3.8) is 0 Å². The van der Waals surface area contributed by atoms with E-state index in [2.05, 4.69) is 4.98 Å². The van der Waals surface area contributed by atoms with Gasteiger partial charge in [-0.25, -0.2) is 4.79 Å². The molecule has 134 valence electrons. The molecule has 1 fully saturated rings. The zero-order valence-electron chi connectivity index (χ0n) is 12.4. The van der Waals surface area contributed by atoms with Crippen LogP contribution in [0.3, 0.4) is 0 Å². The SMILES string of the molecule is O=C(O)C1OC(Oc2c(Cl)cc(Cl)c3cccnc23)C(O)C(O)C1O. The van der Waals surface area contributed by atoms with Gasteiger partial charge in [-0.05, 0) is 18.2 Å². The number of benzene rings is 1. The summed E-state index contributed by atoms with van der Waals surface area (Å²) in [5.74, 6) is -1.52. The number of nitrogens with zero attached hydrogens (tertiary/aromatic N) is 1. The van der Waals surface area contributed by atoms with E-state index in [0.29, 0.717) is 10.4 Å². The monoisotopic (exact) mass is 389 g/mol. The molecule has 1 aliphatic heterocycles. The van der Waals surface area contributed by atoms with Crippen molar-refractivity contribution in [2.75, 3.05) is 0 Å². The van der Waals surface area contributed by atoms with Gasteiger partial charge in [0.25, 0.3) is 0 Å². The van der Waals surface area contributed by atoms with Crippen molar-refractivity contribution in [3.8, 4) is 5.75 Å². The average Bonchev–Trinajstić information content (AvgIpc) is 2.58. The second-order valence-corrected chi connectivity index (χ2v) is 6.24. The highest BCUT2D eigenvalue weighted by Crippen LogP contribution is 2.38. The maximum atomic E-state index is 11.1. The number of aromatic nitrogens is 1. The second-order valence-electron chi connectivity index (χ2n) is 5.42. The summed E-state index contributed by atoms with van der Waals surface area (Å²) < 4.78 is 10.6. The largest absolute Gasteiger partial charge is 0.479 e. The lowest BCUT2D eigenvalue weighted by Gasteiger charge is -2.38. The molecule has 1 aromatic carbocycles. The van der Waals surface area contributed by atoms with Crippen molar-refractivity contribution in [2.45, 2.75) is 30.7 Å². The summed E-state index contributed by atoms with van der Waals surface area (Å²) >= 11 is 12.2. The normalized spacial score (nSPS) is 29.6. The molecule has 1 aliphatic rings. The van der Waals surface area contributed by atoms with E-state index in [0.717, 1.165) is 0 Å². The molecule has 0 amide bonds. The van der Waals surface area contributed by atoms with Crippen LogP contribution in [0.4, 0.5) is 0 Å². The van der Waals surface area contributed by atoms with Crippen molar-refractivity contribution in [3.05, 3.63) is 34.4 Å². The van der Waals surface area contributed by atoms with Gasteiger partial charge in [0.05, 0.1) is 10.0 Å². The number of aliphatic hydroxyl groups is 3. The van der Waals surface area contributed by atoms with E-state index in [1.54, 1.807) is 12.1 Å². The Bertz CT molecular complexity index is 818. The van der Waals surface area contributed by atoms with Crippen LogP contribution in [0.5, 0.6) is 5.75 Å². The molecule has 5 atom stereocenters. The molecule has 0 radical (unpaired) electrons. The van der Waals surface area contributed by atoms with Gasteiger partial charge in [0.15, 0.2) is 11.9 Å². The third-order valence-corrected chi connectivity index (χ3v) is 4.39. The predicted octanol–water partition coefficient (Wildman–Crippen LogP) is 0.813. The fraction of sp³-hybridized carbons (Fsp3) is 0.333. The van der Waals surface area contributed by atoms with Gasteiger partial charge in [0.1, 0.15) is 23.8 Å². The highest BCUT2D eigenvalue weighted by molar-refractivity contribution is 6.39. The molecule has 10 heteroatoms. The van der Waals surface area contributed by atoms with E-state index < -0.39 is 36.7 Å². The number of fused-ring (bicyclic) bond motifs is 1. The molecule has 1 aromatic heterocycles. The molecule has 3 rings (SSSR count). The van der Waals surface area contributed by atoms with Crippen LogP contribution in [0.25, 0.3) is 10.9 Å². The average molecular weight is 390 g/mol. The predicted molar refractivity (Wildman–Crippen MR) is 86.7 cm³/mol. The molecule has 5 unspecified atom stereocenters.